The molecule has 0 aliphatic carbocycles. The molecule has 6 rings (SSSR count). The van der Waals surface area contributed by atoms with Gasteiger partial charge in [-0.25, -0.2) is 15.0 Å². The normalized spacial score (nSPS) is 22.8. The van der Waals surface area contributed by atoms with Crippen LogP contribution >= 0.6 is 11.3 Å². The van der Waals surface area contributed by atoms with Crippen molar-refractivity contribution in [2.45, 2.75) is 57.4 Å². The fourth-order valence-electron chi connectivity index (χ4n) is 7.11. The highest BCUT2D eigenvalue weighted by atomic mass is 32.1. The topological polar surface area (TPSA) is 127 Å². The average Bonchev–Trinajstić information content (AvgIpc) is 3.56. The molecule has 2 saturated heterocycles. The van der Waals surface area contributed by atoms with E-state index in [0.717, 1.165) is 36.8 Å². The highest BCUT2D eigenvalue weighted by Crippen LogP contribution is 2.38. The van der Waals surface area contributed by atoms with Crippen LogP contribution in [-0.4, -0.2) is 88.9 Å². The van der Waals surface area contributed by atoms with E-state index >= 15 is 0 Å². The largest absolute Gasteiger partial charge is 0.493 e. The maximum atomic E-state index is 13.9. The minimum atomic E-state index is -0.0975. The predicted molar refractivity (Wildman–Crippen MR) is 169 cm³/mol. The van der Waals surface area contributed by atoms with Gasteiger partial charge in [0.05, 0.1) is 14.2 Å². The van der Waals surface area contributed by atoms with Gasteiger partial charge in [0, 0.05) is 62.8 Å². The summed E-state index contributed by atoms with van der Waals surface area (Å²) in [4.78, 5) is 57.3. The van der Waals surface area contributed by atoms with Gasteiger partial charge in [-0.1, -0.05) is 6.07 Å². The lowest BCUT2D eigenvalue weighted by molar-refractivity contribution is -0.140. The van der Waals surface area contributed by atoms with Gasteiger partial charge < -0.3 is 24.6 Å². The molecule has 0 radical (unpaired) electrons. The summed E-state index contributed by atoms with van der Waals surface area (Å²) >= 11 is 1.36. The Bertz CT molecular complexity index is 1530. The number of aryl methyl sites for hydroxylation is 2. The highest BCUT2D eigenvalue weighted by molar-refractivity contribution is 7.13. The van der Waals surface area contributed by atoms with Crippen LogP contribution in [0.5, 0.6) is 11.5 Å². The standard InChI is InChI=1S/C33H40N6O5S/c1-43-27-16-21-9-10-29(41)39-18-22-15-24(26(39)7-3-8-28(40)34-11-4-6-23(14-21)30(27)44-2)19-38(17-22)33(42)25-20-45-32(37-25)31-35-12-5-13-36-31/h5,12-14,16,20,22,24,26H,3-4,6-11,15,17-19H2,1-2H3,(H,34,40)/t22-,24-,26-/m0/s1. The SMILES string of the molecule is COc1cc2cc(c1OC)CCCNC(=O)CCC[C@H]1[C@H]3C[C@@H](CN(C(=O)c4csc(-c5ncccn5)n4)C3)CN1C(=O)CC2. The molecule has 0 spiro atoms. The lowest BCUT2D eigenvalue weighted by Gasteiger charge is -2.51. The number of thiazole rings is 1. The molecule has 2 aromatic heterocycles. The lowest BCUT2D eigenvalue weighted by atomic mass is 9.77. The number of hydrogen-bond acceptors (Lipinski definition) is 9. The van der Waals surface area contributed by atoms with Gasteiger partial charge in [0.25, 0.3) is 5.91 Å². The fourth-order valence-corrected chi connectivity index (χ4v) is 7.85. The van der Waals surface area contributed by atoms with Crippen LogP contribution in [0.3, 0.4) is 0 Å². The number of nitrogens with one attached hydrogen (secondary N) is 1. The monoisotopic (exact) mass is 632 g/mol. The Morgan fingerprint density at radius 3 is 2.64 bits per heavy atom. The summed E-state index contributed by atoms with van der Waals surface area (Å²) in [7, 11) is 3.26. The molecule has 238 valence electrons. The molecule has 3 aliphatic heterocycles. The molecule has 3 amide bonds. The van der Waals surface area contributed by atoms with E-state index in [9.17, 15) is 14.4 Å². The van der Waals surface area contributed by atoms with Crippen molar-refractivity contribution in [1.29, 1.82) is 0 Å². The van der Waals surface area contributed by atoms with Crippen LogP contribution in [-0.2, 0) is 22.4 Å². The zero-order valence-electron chi connectivity index (χ0n) is 25.9. The molecule has 12 heteroatoms. The second kappa shape index (κ2) is 13.9. The first kappa shape index (κ1) is 30.9. The first-order chi connectivity index (χ1) is 21.9. The number of carbonyl (C=O) groups excluding carboxylic acids is 3. The summed E-state index contributed by atoms with van der Waals surface area (Å²) in [6, 6.07) is 5.77. The molecule has 0 saturated carbocycles. The predicted octanol–water partition coefficient (Wildman–Crippen LogP) is 3.77. The molecule has 0 unspecified atom stereocenters. The van der Waals surface area contributed by atoms with E-state index in [0.29, 0.717) is 79.9 Å². The third-order valence-electron chi connectivity index (χ3n) is 9.15. The zero-order valence-corrected chi connectivity index (χ0v) is 26.7. The number of piperidine rings is 2. The van der Waals surface area contributed by atoms with Crippen molar-refractivity contribution in [3.8, 4) is 22.3 Å². The molecule has 11 nitrogen and oxygen atoms in total. The number of methoxy groups -OCH3 is 2. The second-order valence-electron chi connectivity index (χ2n) is 12.1. The van der Waals surface area contributed by atoms with Crippen LogP contribution in [0.2, 0.25) is 0 Å². The number of aromatic nitrogens is 3. The minimum Gasteiger partial charge on any atom is -0.493 e. The maximum Gasteiger partial charge on any atom is 0.273 e. The number of amides is 3. The Morgan fingerprint density at radius 2 is 1.84 bits per heavy atom. The lowest BCUT2D eigenvalue weighted by Crippen LogP contribution is -2.60. The molecule has 5 heterocycles. The van der Waals surface area contributed by atoms with E-state index < -0.39 is 0 Å². The molecule has 2 fully saturated rings. The van der Waals surface area contributed by atoms with Crippen molar-refractivity contribution in [3.63, 3.8) is 0 Å². The Kier molecular flexibility index (Phi) is 9.58. The van der Waals surface area contributed by atoms with Crippen LogP contribution < -0.4 is 14.8 Å². The van der Waals surface area contributed by atoms with E-state index in [1.807, 2.05) is 11.0 Å². The summed E-state index contributed by atoms with van der Waals surface area (Å²) < 4.78 is 11.3. The van der Waals surface area contributed by atoms with E-state index in [2.05, 4.69) is 31.2 Å². The van der Waals surface area contributed by atoms with E-state index in [-0.39, 0.29) is 35.6 Å². The highest BCUT2D eigenvalue weighted by Gasteiger charge is 2.43. The average molecular weight is 633 g/mol. The summed E-state index contributed by atoms with van der Waals surface area (Å²) in [5.41, 5.74) is 2.44. The number of ether oxygens (including phenoxy) is 2. The minimum absolute atomic E-state index is 0.0223. The Labute approximate surface area is 267 Å². The molecule has 1 N–H and O–H groups in total. The van der Waals surface area contributed by atoms with Gasteiger partial charge in [-0.2, -0.15) is 0 Å². The smallest absolute Gasteiger partial charge is 0.273 e. The molecule has 3 aliphatic rings. The molecule has 45 heavy (non-hydrogen) atoms. The summed E-state index contributed by atoms with van der Waals surface area (Å²) in [6.07, 6.45) is 8.60. The van der Waals surface area contributed by atoms with Crippen molar-refractivity contribution in [3.05, 3.63) is 52.8 Å². The van der Waals surface area contributed by atoms with Crippen molar-refractivity contribution in [1.82, 2.24) is 30.1 Å². The number of likely N-dealkylation sites (tertiary alicyclic amines) is 1. The van der Waals surface area contributed by atoms with Gasteiger partial charge >= 0.3 is 0 Å². The molecule has 4 bridgehead atoms. The summed E-state index contributed by atoms with van der Waals surface area (Å²) in [6.45, 7) is 2.33. The quantitative estimate of drug-likeness (QED) is 0.461. The van der Waals surface area contributed by atoms with Gasteiger partial charge in [-0.05, 0) is 73.6 Å². The van der Waals surface area contributed by atoms with Gasteiger partial charge in [-0.3, -0.25) is 14.4 Å². The number of fused-ring (bicyclic) bond motifs is 6. The van der Waals surface area contributed by atoms with E-state index in [1.54, 1.807) is 38.1 Å². The van der Waals surface area contributed by atoms with Crippen molar-refractivity contribution < 1.29 is 23.9 Å². The van der Waals surface area contributed by atoms with Gasteiger partial charge in [-0.15, -0.1) is 11.3 Å². The van der Waals surface area contributed by atoms with Crippen LogP contribution in [0.25, 0.3) is 10.8 Å². The molecule has 3 atom stereocenters. The van der Waals surface area contributed by atoms with Gasteiger partial charge in [0.1, 0.15) is 5.69 Å². The second-order valence-corrected chi connectivity index (χ2v) is 13.0. The Balaban J connectivity index is 1.20. The van der Waals surface area contributed by atoms with Crippen LogP contribution in [0.1, 0.15) is 60.1 Å². The third kappa shape index (κ3) is 6.95. The van der Waals surface area contributed by atoms with Crippen molar-refractivity contribution in [2.24, 2.45) is 11.8 Å². The Morgan fingerprint density at radius 1 is 1.00 bits per heavy atom. The summed E-state index contributed by atoms with van der Waals surface area (Å²) in [5.74, 6) is 2.22. The fraction of sp³-hybridized carbons (Fsp3) is 0.515. The van der Waals surface area contributed by atoms with Crippen molar-refractivity contribution in [2.75, 3.05) is 40.4 Å². The van der Waals surface area contributed by atoms with E-state index in [4.69, 9.17) is 9.47 Å². The van der Waals surface area contributed by atoms with Crippen LogP contribution in [0.15, 0.2) is 36.0 Å². The number of benzene rings is 1. The number of rotatable bonds is 4. The number of nitrogens with zero attached hydrogens (tertiary/aromatic N) is 5. The summed E-state index contributed by atoms with van der Waals surface area (Å²) in [5, 5.41) is 5.45. The van der Waals surface area contributed by atoms with Gasteiger partial charge in [0.2, 0.25) is 11.8 Å². The van der Waals surface area contributed by atoms with Crippen molar-refractivity contribution >= 4 is 29.1 Å². The van der Waals surface area contributed by atoms with Crippen LogP contribution in [0.4, 0.5) is 0 Å². The first-order valence-electron chi connectivity index (χ1n) is 15.8. The number of hydrogen-bond donors (Lipinski definition) is 1. The first-order valence-corrected chi connectivity index (χ1v) is 16.6. The Hall–Kier alpha value is -4.06. The van der Waals surface area contributed by atoms with Crippen LogP contribution in [0, 0.1) is 11.8 Å². The number of carbonyl (C=O) groups is 3. The third-order valence-corrected chi connectivity index (χ3v) is 9.99. The van der Waals surface area contributed by atoms with Gasteiger partial charge in [0.15, 0.2) is 22.3 Å². The maximum absolute atomic E-state index is 13.9. The molecule has 1 aromatic carbocycles. The molecular formula is C33H40N6O5S. The van der Waals surface area contributed by atoms with E-state index in [1.165, 1.54) is 11.3 Å². The zero-order chi connectivity index (χ0) is 31.3. The molecular weight excluding hydrogens is 592 g/mol. The molecule has 3 aromatic rings.